The van der Waals surface area contributed by atoms with E-state index in [9.17, 15) is 0 Å². The fraction of sp³-hybridized carbons (Fsp3) is 0.750. The van der Waals surface area contributed by atoms with Crippen molar-refractivity contribution in [1.29, 1.82) is 0 Å². The Labute approximate surface area is 70.5 Å². The van der Waals surface area contributed by atoms with Gasteiger partial charge in [-0.1, -0.05) is 20.3 Å². The molecule has 66 valence electrons. The highest BCUT2D eigenvalue weighted by molar-refractivity contribution is 6.73. The largest absolute Gasteiger partial charge is 0.395 e. The molecule has 3 heteroatoms. The SMILES string of the molecule is C=C[Si](OC)(OC)C(C)CC. The Balaban J connectivity index is 4.38. The maximum Gasteiger partial charge on any atom is 0.366 e. The van der Waals surface area contributed by atoms with E-state index in [-0.39, 0.29) is 0 Å². The molecule has 0 fully saturated rings. The van der Waals surface area contributed by atoms with Gasteiger partial charge in [-0.3, -0.25) is 0 Å². The summed E-state index contributed by atoms with van der Waals surface area (Å²) in [4.78, 5) is 0. The third-order valence-electron chi connectivity index (χ3n) is 2.22. The summed E-state index contributed by atoms with van der Waals surface area (Å²) in [5.74, 6) is 0. The topological polar surface area (TPSA) is 18.5 Å². The molecule has 2 nitrogen and oxygen atoms in total. The summed E-state index contributed by atoms with van der Waals surface area (Å²) >= 11 is 0. The summed E-state index contributed by atoms with van der Waals surface area (Å²) in [6.45, 7) is 8.03. The second kappa shape index (κ2) is 4.69. The number of hydrogen-bond donors (Lipinski definition) is 0. The third-order valence-corrected chi connectivity index (χ3v) is 5.85. The summed E-state index contributed by atoms with van der Waals surface area (Å²) in [5.41, 5.74) is 2.32. The fourth-order valence-corrected chi connectivity index (χ4v) is 3.41. The van der Waals surface area contributed by atoms with Crippen molar-refractivity contribution in [3.63, 3.8) is 0 Å². The first kappa shape index (κ1) is 10.9. The lowest BCUT2D eigenvalue weighted by Gasteiger charge is -2.28. The van der Waals surface area contributed by atoms with Crippen molar-refractivity contribution >= 4 is 8.56 Å². The first-order valence-electron chi connectivity index (χ1n) is 3.90. The van der Waals surface area contributed by atoms with Gasteiger partial charge in [0.2, 0.25) is 0 Å². The van der Waals surface area contributed by atoms with Gasteiger partial charge < -0.3 is 8.85 Å². The summed E-state index contributed by atoms with van der Waals surface area (Å²) in [6, 6.07) is 0. The van der Waals surface area contributed by atoms with E-state index in [1.807, 2.05) is 5.70 Å². The van der Waals surface area contributed by atoms with Gasteiger partial charge in [-0.2, -0.15) is 0 Å². The molecule has 0 rings (SSSR count). The zero-order valence-electron chi connectivity index (χ0n) is 7.89. The standard InChI is InChI=1S/C8H18O2Si/c1-6-8(3)11(7-2,9-4)10-5/h7-8H,2,6H2,1,3-5H3. The first-order valence-corrected chi connectivity index (χ1v) is 5.87. The minimum Gasteiger partial charge on any atom is -0.395 e. The maximum absolute atomic E-state index is 5.39. The zero-order chi connectivity index (χ0) is 8.91. The lowest BCUT2D eigenvalue weighted by molar-refractivity contribution is 0.243. The highest BCUT2D eigenvalue weighted by Crippen LogP contribution is 2.26. The van der Waals surface area contributed by atoms with E-state index in [4.69, 9.17) is 8.85 Å². The van der Waals surface area contributed by atoms with E-state index in [0.717, 1.165) is 6.42 Å². The molecule has 0 aliphatic carbocycles. The molecular formula is C8H18O2Si. The van der Waals surface area contributed by atoms with Crippen LogP contribution < -0.4 is 0 Å². The molecule has 0 aliphatic heterocycles. The zero-order valence-corrected chi connectivity index (χ0v) is 8.89. The maximum atomic E-state index is 5.39. The van der Waals surface area contributed by atoms with Crippen molar-refractivity contribution < 1.29 is 8.85 Å². The third kappa shape index (κ3) is 2.15. The molecule has 0 aromatic rings. The smallest absolute Gasteiger partial charge is 0.366 e. The molecule has 0 saturated carbocycles. The Morgan fingerprint density at radius 3 is 2.00 bits per heavy atom. The van der Waals surface area contributed by atoms with Crippen LogP contribution >= 0.6 is 0 Å². The molecule has 11 heavy (non-hydrogen) atoms. The Kier molecular flexibility index (Phi) is 4.64. The molecule has 0 bridgehead atoms. The normalized spacial score (nSPS) is 14.5. The van der Waals surface area contributed by atoms with E-state index < -0.39 is 8.56 Å². The van der Waals surface area contributed by atoms with Crippen LogP contribution in [0, 0.1) is 0 Å². The average Bonchev–Trinajstić information content (AvgIpc) is 2.08. The van der Waals surface area contributed by atoms with E-state index >= 15 is 0 Å². The van der Waals surface area contributed by atoms with Gasteiger partial charge in [-0.25, -0.2) is 0 Å². The molecule has 0 saturated heterocycles. The Morgan fingerprint density at radius 1 is 1.45 bits per heavy atom. The van der Waals surface area contributed by atoms with Crippen molar-refractivity contribution in [2.75, 3.05) is 14.2 Å². The molecule has 0 N–H and O–H groups in total. The quantitative estimate of drug-likeness (QED) is 0.595. The first-order chi connectivity index (χ1) is 5.16. The summed E-state index contributed by atoms with van der Waals surface area (Å²) < 4.78 is 10.8. The molecule has 0 radical (unpaired) electrons. The van der Waals surface area contributed by atoms with Gasteiger partial charge in [-0.05, 0) is 5.70 Å². The van der Waals surface area contributed by atoms with E-state index in [2.05, 4.69) is 20.4 Å². The van der Waals surface area contributed by atoms with Gasteiger partial charge in [0, 0.05) is 19.8 Å². The van der Waals surface area contributed by atoms with Crippen molar-refractivity contribution in [2.24, 2.45) is 0 Å². The lowest BCUT2D eigenvalue weighted by atomic mass is 10.4. The summed E-state index contributed by atoms with van der Waals surface area (Å²) in [7, 11) is 1.34. The minimum atomic E-state index is -2.06. The number of rotatable bonds is 5. The van der Waals surface area contributed by atoms with Crippen LogP contribution in [-0.4, -0.2) is 22.8 Å². The van der Waals surface area contributed by atoms with Crippen LogP contribution in [0.15, 0.2) is 12.3 Å². The molecule has 0 spiro atoms. The van der Waals surface area contributed by atoms with Crippen LogP contribution in [0.4, 0.5) is 0 Å². The molecule has 0 aromatic carbocycles. The van der Waals surface area contributed by atoms with Gasteiger partial charge >= 0.3 is 8.56 Å². The van der Waals surface area contributed by atoms with Gasteiger partial charge in [0.25, 0.3) is 0 Å². The second-order valence-electron chi connectivity index (χ2n) is 2.64. The van der Waals surface area contributed by atoms with Crippen LogP contribution in [0.3, 0.4) is 0 Å². The van der Waals surface area contributed by atoms with E-state index in [0.29, 0.717) is 5.54 Å². The monoisotopic (exact) mass is 174 g/mol. The molecule has 0 aliphatic rings. The highest BCUT2D eigenvalue weighted by Gasteiger charge is 2.37. The van der Waals surface area contributed by atoms with Gasteiger partial charge in [-0.15, -0.1) is 6.58 Å². The summed E-state index contributed by atoms with van der Waals surface area (Å²) in [5, 5.41) is 0. The van der Waals surface area contributed by atoms with Crippen LogP contribution in [0.1, 0.15) is 20.3 Å². The molecule has 0 aromatic heterocycles. The predicted octanol–water partition coefficient (Wildman–Crippen LogP) is 2.25. The van der Waals surface area contributed by atoms with Crippen LogP contribution in [0.2, 0.25) is 5.54 Å². The van der Waals surface area contributed by atoms with Gasteiger partial charge in [0.15, 0.2) is 0 Å². The van der Waals surface area contributed by atoms with E-state index in [1.54, 1.807) is 14.2 Å². The van der Waals surface area contributed by atoms with Crippen molar-refractivity contribution in [1.82, 2.24) is 0 Å². The molecular weight excluding hydrogens is 156 g/mol. The molecule has 1 atom stereocenters. The summed E-state index contributed by atoms with van der Waals surface area (Å²) in [6.07, 6.45) is 1.07. The molecule has 1 unspecified atom stereocenters. The fourth-order valence-electron chi connectivity index (χ4n) is 1.14. The highest BCUT2D eigenvalue weighted by atomic mass is 28.4. The Bertz CT molecular complexity index is 121. The molecule has 0 heterocycles. The van der Waals surface area contributed by atoms with Gasteiger partial charge in [0.1, 0.15) is 0 Å². The van der Waals surface area contributed by atoms with Crippen molar-refractivity contribution in [3.8, 4) is 0 Å². The average molecular weight is 174 g/mol. The Morgan fingerprint density at radius 2 is 1.91 bits per heavy atom. The number of hydrogen-bond acceptors (Lipinski definition) is 2. The van der Waals surface area contributed by atoms with Crippen LogP contribution in [0.5, 0.6) is 0 Å². The van der Waals surface area contributed by atoms with Crippen molar-refractivity contribution in [3.05, 3.63) is 12.3 Å². The predicted molar refractivity (Wildman–Crippen MR) is 49.7 cm³/mol. The second-order valence-corrected chi connectivity index (χ2v) is 6.30. The Hall–Kier alpha value is -0.123. The van der Waals surface area contributed by atoms with Crippen LogP contribution in [-0.2, 0) is 8.85 Å². The van der Waals surface area contributed by atoms with E-state index in [1.165, 1.54) is 0 Å². The minimum absolute atomic E-state index is 0.468. The van der Waals surface area contributed by atoms with Gasteiger partial charge in [0.05, 0.1) is 0 Å². The molecule has 0 amide bonds. The van der Waals surface area contributed by atoms with Crippen molar-refractivity contribution in [2.45, 2.75) is 25.8 Å². The van der Waals surface area contributed by atoms with Crippen LogP contribution in [0.25, 0.3) is 0 Å². The lowest BCUT2D eigenvalue weighted by Crippen LogP contribution is -2.42.